The summed E-state index contributed by atoms with van der Waals surface area (Å²) in [6, 6.07) is 0.431. The zero-order valence-electron chi connectivity index (χ0n) is 11.1. The Kier molecular flexibility index (Phi) is 4.43. The molecule has 0 heterocycles. The third kappa shape index (κ3) is 3.98. The van der Waals surface area contributed by atoms with Gasteiger partial charge in [0, 0.05) is 11.6 Å². The Morgan fingerprint density at radius 1 is 1.12 bits per heavy atom. The summed E-state index contributed by atoms with van der Waals surface area (Å²) in [6.07, 6.45) is 11.3. The standard InChI is InChI=1S/C14H26N2O/c1-14(9-6-10-14)15-11-13(17)16-12-7-4-2-3-5-8-12/h12,15H,2-11H2,1H3,(H,16,17). The summed E-state index contributed by atoms with van der Waals surface area (Å²) in [5, 5.41) is 6.57. The molecule has 0 radical (unpaired) electrons. The highest BCUT2D eigenvalue weighted by Gasteiger charge is 2.31. The molecule has 0 unspecified atom stereocenters. The lowest BCUT2D eigenvalue weighted by atomic mass is 9.78. The molecule has 2 fully saturated rings. The van der Waals surface area contributed by atoms with Gasteiger partial charge in [-0.3, -0.25) is 4.79 Å². The number of rotatable bonds is 4. The van der Waals surface area contributed by atoms with E-state index < -0.39 is 0 Å². The number of hydrogen-bond donors (Lipinski definition) is 2. The van der Waals surface area contributed by atoms with Crippen LogP contribution in [0.15, 0.2) is 0 Å². The summed E-state index contributed by atoms with van der Waals surface area (Å²) < 4.78 is 0. The van der Waals surface area contributed by atoms with Gasteiger partial charge in [0.2, 0.25) is 5.91 Å². The highest BCUT2D eigenvalue weighted by molar-refractivity contribution is 5.78. The quantitative estimate of drug-likeness (QED) is 0.738. The maximum Gasteiger partial charge on any atom is 0.234 e. The van der Waals surface area contributed by atoms with E-state index in [1.165, 1.54) is 57.8 Å². The first-order valence-corrected chi connectivity index (χ1v) is 7.22. The smallest absolute Gasteiger partial charge is 0.234 e. The minimum atomic E-state index is 0.185. The molecule has 2 aliphatic carbocycles. The molecule has 2 rings (SSSR count). The molecule has 0 atom stereocenters. The van der Waals surface area contributed by atoms with Crippen molar-refractivity contribution in [3.8, 4) is 0 Å². The molecule has 0 aromatic rings. The molecule has 98 valence electrons. The van der Waals surface area contributed by atoms with Gasteiger partial charge in [-0.15, -0.1) is 0 Å². The van der Waals surface area contributed by atoms with Crippen molar-refractivity contribution in [2.75, 3.05) is 6.54 Å². The van der Waals surface area contributed by atoms with Crippen LogP contribution in [-0.2, 0) is 4.79 Å². The van der Waals surface area contributed by atoms with Crippen molar-refractivity contribution in [1.29, 1.82) is 0 Å². The second kappa shape index (κ2) is 5.85. The fourth-order valence-corrected chi connectivity index (χ4v) is 2.88. The van der Waals surface area contributed by atoms with Gasteiger partial charge in [0.15, 0.2) is 0 Å². The van der Waals surface area contributed by atoms with Crippen LogP contribution in [-0.4, -0.2) is 24.0 Å². The molecule has 3 nitrogen and oxygen atoms in total. The Bertz CT molecular complexity index is 253. The van der Waals surface area contributed by atoms with E-state index in [4.69, 9.17) is 0 Å². The summed E-state index contributed by atoms with van der Waals surface area (Å²) in [5.41, 5.74) is 0.237. The molecular weight excluding hydrogens is 212 g/mol. The number of nitrogens with one attached hydrogen (secondary N) is 2. The summed E-state index contributed by atoms with van der Waals surface area (Å²) in [4.78, 5) is 11.8. The van der Waals surface area contributed by atoms with Crippen LogP contribution in [0.5, 0.6) is 0 Å². The first kappa shape index (κ1) is 12.9. The molecule has 0 aromatic heterocycles. The van der Waals surface area contributed by atoms with Crippen molar-refractivity contribution < 1.29 is 4.79 Å². The maximum absolute atomic E-state index is 11.8. The monoisotopic (exact) mass is 238 g/mol. The van der Waals surface area contributed by atoms with E-state index in [0.717, 1.165) is 0 Å². The molecule has 0 aliphatic heterocycles. The van der Waals surface area contributed by atoms with Crippen LogP contribution >= 0.6 is 0 Å². The van der Waals surface area contributed by atoms with Crippen LogP contribution < -0.4 is 10.6 Å². The number of hydrogen-bond acceptors (Lipinski definition) is 2. The second-order valence-electron chi connectivity index (χ2n) is 6.02. The molecule has 1 amide bonds. The predicted molar refractivity (Wildman–Crippen MR) is 69.9 cm³/mol. The minimum absolute atomic E-state index is 0.185. The van der Waals surface area contributed by atoms with Crippen LogP contribution in [0.4, 0.5) is 0 Å². The highest BCUT2D eigenvalue weighted by Crippen LogP contribution is 2.30. The van der Waals surface area contributed by atoms with Gasteiger partial charge in [-0.25, -0.2) is 0 Å². The van der Waals surface area contributed by atoms with E-state index in [1.807, 2.05) is 0 Å². The SMILES string of the molecule is CC1(NCC(=O)NC2CCCCCC2)CCC1. The van der Waals surface area contributed by atoms with Crippen molar-refractivity contribution in [2.45, 2.75) is 76.3 Å². The molecular formula is C14H26N2O. The van der Waals surface area contributed by atoms with Gasteiger partial charge < -0.3 is 10.6 Å². The van der Waals surface area contributed by atoms with Crippen molar-refractivity contribution in [1.82, 2.24) is 10.6 Å². The first-order valence-electron chi connectivity index (χ1n) is 7.22. The van der Waals surface area contributed by atoms with Crippen LogP contribution in [0.1, 0.15) is 64.7 Å². The van der Waals surface area contributed by atoms with E-state index in [9.17, 15) is 4.79 Å². The van der Waals surface area contributed by atoms with Gasteiger partial charge in [-0.2, -0.15) is 0 Å². The third-order valence-corrected chi connectivity index (χ3v) is 4.35. The lowest BCUT2D eigenvalue weighted by Crippen LogP contribution is -2.52. The molecule has 2 saturated carbocycles. The Hall–Kier alpha value is -0.570. The normalized spacial score (nSPS) is 24.8. The zero-order chi connectivity index (χ0) is 12.1. The third-order valence-electron chi connectivity index (χ3n) is 4.35. The van der Waals surface area contributed by atoms with Gasteiger partial charge in [0.25, 0.3) is 0 Å². The van der Waals surface area contributed by atoms with Gasteiger partial charge in [-0.05, 0) is 39.0 Å². The number of carbonyl (C=O) groups excluding carboxylic acids is 1. The average Bonchev–Trinajstić information content (AvgIpc) is 2.52. The fraction of sp³-hybridized carbons (Fsp3) is 0.929. The Labute approximate surface area is 105 Å². The molecule has 3 heteroatoms. The molecule has 2 N–H and O–H groups in total. The van der Waals surface area contributed by atoms with Crippen molar-refractivity contribution >= 4 is 5.91 Å². The minimum Gasteiger partial charge on any atom is -0.352 e. The van der Waals surface area contributed by atoms with Gasteiger partial charge in [-0.1, -0.05) is 25.7 Å². The molecule has 0 saturated heterocycles. The van der Waals surface area contributed by atoms with E-state index in [1.54, 1.807) is 0 Å². The van der Waals surface area contributed by atoms with E-state index >= 15 is 0 Å². The van der Waals surface area contributed by atoms with Gasteiger partial charge in [0.1, 0.15) is 0 Å². The number of amides is 1. The van der Waals surface area contributed by atoms with Gasteiger partial charge in [0.05, 0.1) is 6.54 Å². The Morgan fingerprint density at radius 3 is 2.29 bits per heavy atom. The van der Waals surface area contributed by atoms with Crippen LogP contribution in [0.25, 0.3) is 0 Å². The van der Waals surface area contributed by atoms with Crippen LogP contribution in [0.2, 0.25) is 0 Å². The lowest BCUT2D eigenvalue weighted by Gasteiger charge is -2.39. The van der Waals surface area contributed by atoms with Crippen molar-refractivity contribution in [2.24, 2.45) is 0 Å². The number of carbonyl (C=O) groups is 1. The summed E-state index contributed by atoms with van der Waals surface area (Å²) in [7, 11) is 0. The summed E-state index contributed by atoms with van der Waals surface area (Å²) in [5.74, 6) is 0.185. The van der Waals surface area contributed by atoms with Crippen LogP contribution in [0.3, 0.4) is 0 Å². The zero-order valence-corrected chi connectivity index (χ0v) is 11.1. The van der Waals surface area contributed by atoms with Crippen molar-refractivity contribution in [3.05, 3.63) is 0 Å². The molecule has 0 bridgehead atoms. The first-order chi connectivity index (χ1) is 8.18. The van der Waals surface area contributed by atoms with E-state index in [0.29, 0.717) is 12.6 Å². The van der Waals surface area contributed by atoms with Crippen LogP contribution in [0, 0.1) is 0 Å². The Morgan fingerprint density at radius 2 is 1.76 bits per heavy atom. The fourth-order valence-electron chi connectivity index (χ4n) is 2.88. The molecule has 0 spiro atoms. The van der Waals surface area contributed by atoms with Crippen molar-refractivity contribution in [3.63, 3.8) is 0 Å². The maximum atomic E-state index is 11.8. The molecule has 2 aliphatic rings. The molecule has 17 heavy (non-hydrogen) atoms. The van der Waals surface area contributed by atoms with Gasteiger partial charge >= 0.3 is 0 Å². The predicted octanol–water partition coefficient (Wildman–Crippen LogP) is 2.36. The molecule has 0 aromatic carbocycles. The van der Waals surface area contributed by atoms with E-state index in [-0.39, 0.29) is 11.4 Å². The second-order valence-corrected chi connectivity index (χ2v) is 6.02. The summed E-state index contributed by atoms with van der Waals surface area (Å²) in [6.45, 7) is 2.71. The largest absolute Gasteiger partial charge is 0.352 e. The van der Waals surface area contributed by atoms with E-state index in [2.05, 4.69) is 17.6 Å². The Balaban J connectivity index is 1.65. The lowest BCUT2D eigenvalue weighted by molar-refractivity contribution is -0.121. The highest BCUT2D eigenvalue weighted by atomic mass is 16.2. The topological polar surface area (TPSA) is 41.1 Å². The average molecular weight is 238 g/mol. The summed E-state index contributed by atoms with van der Waals surface area (Å²) >= 11 is 0.